The van der Waals surface area contributed by atoms with Gasteiger partial charge in [0.2, 0.25) is 0 Å². The van der Waals surface area contributed by atoms with Gasteiger partial charge in [-0.1, -0.05) is 29.8 Å². The molecule has 0 spiro atoms. The van der Waals surface area contributed by atoms with Gasteiger partial charge in [-0.3, -0.25) is 14.4 Å². The Balaban J connectivity index is 2.55. The molecule has 0 aliphatic carbocycles. The minimum atomic E-state index is -4.06. The van der Waals surface area contributed by atoms with Gasteiger partial charge in [0.25, 0.3) is 15.7 Å². The summed E-state index contributed by atoms with van der Waals surface area (Å²) in [7, 11) is -2.74. The average molecular weight is 341 g/mol. The number of nitro benzene ring substituents is 1. The zero-order chi connectivity index (χ0) is 16.5. The molecule has 0 saturated heterocycles. The number of hydrogen-bond acceptors (Lipinski definition) is 4. The van der Waals surface area contributed by atoms with Crippen LogP contribution in [0.5, 0.6) is 0 Å². The van der Waals surface area contributed by atoms with Gasteiger partial charge in [0.15, 0.2) is 4.90 Å². The lowest BCUT2D eigenvalue weighted by Gasteiger charge is -2.20. The van der Waals surface area contributed by atoms with Gasteiger partial charge in [0.05, 0.1) is 10.6 Å². The van der Waals surface area contributed by atoms with E-state index in [9.17, 15) is 18.5 Å². The Bertz CT molecular complexity index is 836. The number of halogens is 1. The standard InChI is InChI=1S/C14H13ClN2O4S/c1-10-7-8-11(9-12(10)15)16(2)22(20,21)14-6-4-3-5-13(14)17(18)19/h3-9H,1-2H3. The van der Waals surface area contributed by atoms with Gasteiger partial charge >= 0.3 is 0 Å². The van der Waals surface area contributed by atoms with Crippen molar-refractivity contribution in [3.05, 3.63) is 63.2 Å². The highest BCUT2D eigenvalue weighted by Crippen LogP contribution is 2.30. The molecular formula is C14H13ClN2O4S. The van der Waals surface area contributed by atoms with Gasteiger partial charge in [-0.25, -0.2) is 8.42 Å². The Labute approximate surface area is 133 Å². The number of sulfonamides is 1. The topological polar surface area (TPSA) is 80.5 Å². The van der Waals surface area contributed by atoms with Crippen molar-refractivity contribution >= 4 is 33.0 Å². The maximum absolute atomic E-state index is 12.6. The summed E-state index contributed by atoms with van der Waals surface area (Å²) in [5, 5.41) is 11.4. The molecule has 0 unspecified atom stereocenters. The molecule has 0 bridgehead atoms. The third-order valence-electron chi connectivity index (χ3n) is 3.22. The lowest BCUT2D eigenvalue weighted by molar-refractivity contribution is -0.387. The number of nitrogens with zero attached hydrogens (tertiary/aromatic N) is 2. The number of rotatable bonds is 4. The lowest BCUT2D eigenvalue weighted by Crippen LogP contribution is -2.27. The number of hydrogen-bond donors (Lipinski definition) is 0. The van der Waals surface area contributed by atoms with Crippen molar-refractivity contribution in [2.45, 2.75) is 11.8 Å². The average Bonchev–Trinajstić information content (AvgIpc) is 2.49. The van der Waals surface area contributed by atoms with E-state index in [-0.39, 0.29) is 4.90 Å². The summed E-state index contributed by atoms with van der Waals surface area (Å²) in [4.78, 5) is 9.95. The fourth-order valence-electron chi connectivity index (χ4n) is 1.89. The van der Waals surface area contributed by atoms with Gasteiger partial charge in [-0.2, -0.15) is 0 Å². The third-order valence-corrected chi connectivity index (χ3v) is 5.46. The summed E-state index contributed by atoms with van der Waals surface area (Å²) >= 11 is 6.01. The summed E-state index contributed by atoms with van der Waals surface area (Å²) in [5.74, 6) is 0. The van der Waals surface area contributed by atoms with E-state index in [1.54, 1.807) is 19.1 Å². The van der Waals surface area contributed by atoms with Crippen molar-refractivity contribution in [1.82, 2.24) is 0 Å². The Kier molecular flexibility index (Phi) is 4.39. The van der Waals surface area contributed by atoms with Crippen LogP contribution in [0.25, 0.3) is 0 Å². The van der Waals surface area contributed by atoms with Crippen LogP contribution in [-0.4, -0.2) is 20.4 Å². The summed E-state index contributed by atoms with van der Waals surface area (Å²) < 4.78 is 26.2. The van der Waals surface area contributed by atoms with Crippen molar-refractivity contribution in [2.75, 3.05) is 11.4 Å². The Morgan fingerprint density at radius 2 is 1.82 bits per heavy atom. The van der Waals surface area contributed by atoms with Gasteiger partial charge in [-0.15, -0.1) is 0 Å². The number of anilines is 1. The largest absolute Gasteiger partial charge is 0.289 e. The van der Waals surface area contributed by atoms with Crippen molar-refractivity contribution < 1.29 is 13.3 Å². The second-order valence-electron chi connectivity index (χ2n) is 4.63. The molecule has 116 valence electrons. The van der Waals surface area contributed by atoms with Gasteiger partial charge in [0.1, 0.15) is 0 Å². The molecule has 2 aromatic carbocycles. The Morgan fingerprint density at radius 3 is 2.41 bits per heavy atom. The van der Waals surface area contributed by atoms with Crippen LogP contribution in [0.2, 0.25) is 5.02 Å². The molecule has 22 heavy (non-hydrogen) atoms. The first kappa shape index (κ1) is 16.3. The van der Waals surface area contributed by atoms with E-state index in [1.165, 1.54) is 31.3 Å². The SMILES string of the molecule is Cc1ccc(N(C)S(=O)(=O)c2ccccc2[N+](=O)[O-])cc1Cl. The molecule has 0 aliphatic heterocycles. The summed E-state index contributed by atoms with van der Waals surface area (Å²) in [6.07, 6.45) is 0. The predicted molar refractivity (Wildman–Crippen MR) is 84.9 cm³/mol. The second-order valence-corrected chi connectivity index (χ2v) is 6.98. The van der Waals surface area contributed by atoms with Crippen LogP contribution < -0.4 is 4.31 Å². The van der Waals surface area contributed by atoms with Crippen molar-refractivity contribution in [3.63, 3.8) is 0 Å². The molecule has 0 radical (unpaired) electrons. The van der Waals surface area contributed by atoms with Gasteiger partial charge in [0, 0.05) is 18.1 Å². The molecule has 0 N–H and O–H groups in total. The first-order chi connectivity index (χ1) is 10.2. The smallest absolute Gasteiger partial charge is 0.269 e. The highest BCUT2D eigenvalue weighted by molar-refractivity contribution is 7.93. The van der Waals surface area contributed by atoms with Crippen molar-refractivity contribution in [1.29, 1.82) is 0 Å². The molecule has 0 fully saturated rings. The molecule has 0 heterocycles. The lowest BCUT2D eigenvalue weighted by atomic mass is 10.2. The van der Waals surface area contributed by atoms with Crippen LogP contribution in [0, 0.1) is 17.0 Å². The molecule has 6 nitrogen and oxygen atoms in total. The van der Waals surface area contributed by atoms with Gasteiger partial charge in [-0.05, 0) is 30.7 Å². The highest BCUT2D eigenvalue weighted by Gasteiger charge is 2.29. The normalized spacial score (nSPS) is 11.2. The zero-order valence-corrected chi connectivity index (χ0v) is 13.4. The van der Waals surface area contributed by atoms with E-state index in [0.717, 1.165) is 15.9 Å². The predicted octanol–water partition coefficient (Wildman–Crippen LogP) is 3.38. The first-order valence-corrected chi connectivity index (χ1v) is 8.05. The fourth-order valence-corrected chi connectivity index (χ4v) is 3.41. The van der Waals surface area contributed by atoms with Crippen molar-refractivity contribution in [2.24, 2.45) is 0 Å². The third kappa shape index (κ3) is 2.90. The first-order valence-electron chi connectivity index (χ1n) is 6.23. The summed E-state index contributed by atoms with van der Waals surface area (Å²) in [6, 6.07) is 10.00. The van der Waals surface area contributed by atoms with Gasteiger partial charge < -0.3 is 0 Å². The van der Waals surface area contributed by atoms with E-state index >= 15 is 0 Å². The molecule has 0 saturated carbocycles. The van der Waals surface area contributed by atoms with E-state index in [0.29, 0.717) is 10.7 Å². The number of nitro groups is 1. The van der Waals surface area contributed by atoms with E-state index in [2.05, 4.69) is 0 Å². The molecule has 2 rings (SSSR count). The Morgan fingerprint density at radius 1 is 1.18 bits per heavy atom. The zero-order valence-electron chi connectivity index (χ0n) is 11.9. The van der Waals surface area contributed by atoms with E-state index < -0.39 is 20.6 Å². The minimum absolute atomic E-state index is 0.328. The molecule has 8 heteroatoms. The number of benzene rings is 2. The monoisotopic (exact) mass is 340 g/mol. The van der Waals surface area contributed by atoms with E-state index in [4.69, 9.17) is 11.6 Å². The molecule has 2 aromatic rings. The molecule has 0 amide bonds. The van der Waals surface area contributed by atoms with Crippen LogP contribution in [0.15, 0.2) is 47.4 Å². The maximum Gasteiger partial charge on any atom is 0.289 e. The molecular weight excluding hydrogens is 328 g/mol. The van der Waals surface area contributed by atoms with Crippen molar-refractivity contribution in [3.8, 4) is 0 Å². The maximum atomic E-state index is 12.6. The second kappa shape index (κ2) is 5.94. The Hall–Kier alpha value is -2.12. The molecule has 0 aliphatic rings. The summed E-state index contributed by atoms with van der Waals surface area (Å²) in [5.41, 5.74) is 0.670. The quantitative estimate of drug-likeness (QED) is 0.631. The van der Waals surface area contributed by atoms with Crippen LogP contribution in [0.1, 0.15) is 5.56 Å². The van der Waals surface area contributed by atoms with Crippen LogP contribution in [0.4, 0.5) is 11.4 Å². The van der Waals surface area contributed by atoms with Crippen LogP contribution in [0.3, 0.4) is 0 Å². The van der Waals surface area contributed by atoms with E-state index in [1.807, 2.05) is 0 Å². The molecule has 0 aromatic heterocycles. The number of aryl methyl sites for hydroxylation is 1. The molecule has 0 atom stereocenters. The van der Waals surface area contributed by atoms with Crippen LogP contribution in [-0.2, 0) is 10.0 Å². The highest BCUT2D eigenvalue weighted by atomic mass is 35.5. The summed E-state index contributed by atoms with van der Waals surface area (Å²) in [6.45, 7) is 1.79. The number of para-hydroxylation sites is 1. The fraction of sp³-hybridized carbons (Fsp3) is 0.143. The minimum Gasteiger partial charge on any atom is -0.269 e. The van der Waals surface area contributed by atoms with Crippen LogP contribution >= 0.6 is 11.6 Å².